The second-order valence-corrected chi connectivity index (χ2v) is 8.65. The number of rotatable bonds is 3. The average molecular weight is 432 g/mol. The minimum absolute atomic E-state index is 0.160. The predicted octanol–water partition coefficient (Wildman–Crippen LogP) is 4.49. The van der Waals surface area contributed by atoms with Crippen LogP contribution in [-0.2, 0) is 0 Å². The number of thiazole rings is 1. The van der Waals surface area contributed by atoms with E-state index in [9.17, 15) is 9.90 Å². The van der Waals surface area contributed by atoms with Crippen molar-refractivity contribution in [2.75, 3.05) is 5.73 Å². The first-order valence-corrected chi connectivity index (χ1v) is 10.7. The Morgan fingerprint density at radius 2 is 1.90 bits per heavy atom. The Bertz CT molecular complexity index is 1490. The molecule has 0 saturated heterocycles. The summed E-state index contributed by atoms with van der Waals surface area (Å²) >= 11 is 1.46. The van der Waals surface area contributed by atoms with Gasteiger partial charge in [-0.05, 0) is 51.0 Å². The molecule has 8 heteroatoms. The largest absolute Gasteiger partial charge is 0.508 e. The lowest BCUT2D eigenvalue weighted by Gasteiger charge is -2.15. The summed E-state index contributed by atoms with van der Waals surface area (Å²) in [7, 11) is 0. The van der Waals surface area contributed by atoms with Crippen molar-refractivity contribution in [2.24, 2.45) is 0 Å². The quantitative estimate of drug-likeness (QED) is 0.410. The summed E-state index contributed by atoms with van der Waals surface area (Å²) in [6.07, 6.45) is 3.58. The Labute approximate surface area is 182 Å². The fourth-order valence-corrected chi connectivity index (χ4v) is 4.71. The molecule has 156 valence electrons. The van der Waals surface area contributed by atoms with Crippen molar-refractivity contribution in [1.82, 2.24) is 18.9 Å². The van der Waals surface area contributed by atoms with E-state index in [4.69, 9.17) is 10.7 Å². The number of aromatic hydroxyl groups is 1. The van der Waals surface area contributed by atoms with Crippen LogP contribution in [0.3, 0.4) is 0 Å². The highest BCUT2D eigenvalue weighted by Crippen LogP contribution is 2.37. The number of hydrogen-bond acceptors (Lipinski definition) is 6. The molecule has 0 saturated carbocycles. The van der Waals surface area contributed by atoms with Crippen molar-refractivity contribution >= 4 is 38.9 Å². The number of aryl methyl sites for hydroxylation is 3. The Morgan fingerprint density at radius 1 is 1.13 bits per heavy atom. The van der Waals surface area contributed by atoms with Gasteiger partial charge in [-0.25, -0.2) is 9.97 Å². The highest BCUT2D eigenvalue weighted by atomic mass is 32.1. The van der Waals surface area contributed by atoms with E-state index in [0.29, 0.717) is 27.9 Å². The number of carbonyl (C=O) groups is 1. The molecule has 0 aliphatic carbocycles. The maximum Gasteiger partial charge on any atom is 0.217 e. The van der Waals surface area contributed by atoms with Crippen molar-refractivity contribution in [3.05, 3.63) is 69.6 Å². The van der Waals surface area contributed by atoms with Crippen LogP contribution < -0.4 is 5.73 Å². The summed E-state index contributed by atoms with van der Waals surface area (Å²) < 4.78 is 3.60. The molecule has 4 heterocycles. The van der Waals surface area contributed by atoms with Gasteiger partial charge >= 0.3 is 0 Å². The van der Waals surface area contributed by atoms with Gasteiger partial charge in [0.2, 0.25) is 5.78 Å². The number of anilines is 1. The zero-order chi connectivity index (χ0) is 22.0. The Morgan fingerprint density at radius 3 is 2.65 bits per heavy atom. The highest BCUT2D eigenvalue weighted by Gasteiger charge is 2.27. The van der Waals surface area contributed by atoms with E-state index in [2.05, 4.69) is 4.98 Å². The summed E-state index contributed by atoms with van der Waals surface area (Å²) in [5.74, 6) is 0.191. The molecule has 5 rings (SSSR count). The number of ketones is 1. The van der Waals surface area contributed by atoms with E-state index in [1.807, 2.05) is 55.8 Å². The summed E-state index contributed by atoms with van der Waals surface area (Å²) in [5.41, 5.74) is 12.1. The van der Waals surface area contributed by atoms with E-state index < -0.39 is 0 Å². The van der Waals surface area contributed by atoms with Gasteiger partial charge in [-0.2, -0.15) is 0 Å². The molecule has 3 N–H and O–H groups in total. The first-order valence-electron chi connectivity index (χ1n) is 9.82. The number of nitrogen functional groups attached to an aromatic ring is 1. The summed E-state index contributed by atoms with van der Waals surface area (Å²) in [5, 5.41) is 12.9. The monoisotopic (exact) mass is 431 g/mol. The molecular formula is C23H21N5O2S. The maximum atomic E-state index is 13.6. The number of phenolic OH excluding ortho intramolecular Hbond substituents is 1. The van der Waals surface area contributed by atoms with Crippen LogP contribution in [0.15, 0.2) is 36.0 Å². The second kappa shape index (κ2) is 6.68. The molecule has 0 aliphatic rings. The summed E-state index contributed by atoms with van der Waals surface area (Å²) in [4.78, 5) is 23.6. The average Bonchev–Trinajstić information content (AvgIpc) is 3.39. The van der Waals surface area contributed by atoms with E-state index in [1.165, 1.54) is 11.3 Å². The van der Waals surface area contributed by atoms with Gasteiger partial charge in [-0.1, -0.05) is 6.07 Å². The van der Waals surface area contributed by atoms with Crippen LogP contribution in [0, 0.1) is 27.7 Å². The predicted molar refractivity (Wildman–Crippen MR) is 123 cm³/mol. The molecule has 4 aromatic heterocycles. The number of nitrogens with zero attached hydrogens (tertiary/aromatic N) is 4. The zero-order valence-corrected chi connectivity index (χ0v) is 18.4. The number of hydrogen-bond donors (Lipinski definition) is 2. The van der Waals surface area contributed by atoms with Gasteiger partial charge in [0.15, 0.2) is 4.96 Å². The third kappa shape index (κ3) is 2.75. The first kappa shape index (κ1) is 19.3. The lowest BCUT2D eigenvalue weighted by atomic mass is 10.1. The Kier molecular flexibility index (Phi) is 4.16. The van der Waals surface area contributed by atoms with Gasteiger partial charge in [-0.3, -0.25) is 13.8 Å². The van der Waals surface area contributed by atoms with E-state index in [-0.39, 0.29) is 17.4 Å². The van der Waals surface area contributed by atoms with Crippen LogP contribution >= 0.6 is 11.3 Å². The van der Waals surface area contributed by atoms with Crippen molar-refractivity contribution in [1.29, 1.82) is 0 Å². The second-order valence-electron chi connectivity index (χ2n) is 7.78. The van der Waals surface area contributed by atoms with Crippen molar-refractivity contribution < 1.29 is 9.90 Å². The number of imidazole rings is 1. The number of phenols is 1. The molecule has 7 nitrogen and oxygen atoms in total. The van der Waals surface area contributed by atoms with Gasteiger partial charge in [0.1, 0.15) is 22.9 Å². The van der Waals surface area contributed by atoms with Crippen LogP contribution in [0.2, 0.25) is 0 Å². The van der Waals surface area contributed by atoms with Crippen LogP contribution in [0.25, 0.3) is 21.7 Å². The van der Waals surface area contributed by atoms with Crippen LogP contribution in [0.4, 0.5) is 5.82 Å². The topological polar surface area (TPSA) is 98.4 Å². The highest BCUT2D eigenvalue weighted by molar-refractivity contribution is 7.15. The molecular weight excluding hydrogens is 410 g/mol. The van der Waals surface area contributed by atoms with Gasteiger partial charge in [0, 0.05) is 34.4 Å². The fraction of sp³-hybridized carbons (Fsp3) is 0.174. The molecule has 0 bridgehead atoms. The molecule has 1 aromatic carbocycles. The van der Waals surface area contributed by atoms with Crippen molar-refractivity contribution in [2.45, 2.75) is 27.7 Å². The van der Waals surface area contributed by atoms with Crippen LogP contribution in [-0.4, -0.2) is 29.8 Å². The first-order chi connectivity index (χ1) is 14.8. The van der Waals surface area contributed by atoms with Crippen LogP contribution in [0.1, 0.15) is 38.4 Å². The van der Waals surface area contributed by atoms with E-state index in [0.717, 1.165) is 27.5 Å². The maximum absolute atomic E-state index is 13.6. The zero-order valence-electron chi connectivity index (χ0n) is 17.6. The molecule has 0 atom stereocenters. The standard InChI is InChI=1S/C23H21N5O2S/c1-11-5-6-17(29)13(3)19(11)28-21(24)18(15-9-12(2)14(4)25-22(15)28)20(30)16-10-27-7-8-31-23(27)26-16/h5-10,29H,24H2,1-4H3. The van der Waals surface area contributed by atoms with Gasteiger partial charge in [0.05, 0.1) is 11.3 Å². The van der Waals surface area contributed by atoms with Crippen molar-refractivity contribution in [3.8, 4) is 11.4 Å². The Hall–Kier alpha value is -3.65. The number of fused-ring (bicyclic) bond motifs is 2. The molecule has 0 unspecified atom stereocenters. The normalized spacial score (nSPS) is 11.6. The van der Waals surface area contributed by atoms with Crippen molar-refractivity contribution in [3.63, 3.8) is 0 Å². The molecule has 0 aliphatic heterocycles. The summed E-state index contributed by atoms with van der Waals surface area (Å²) in [6.45, 7) is 7.66. The van der Waals surface area contributed by atoms with E-state index >= 15 is 0 Å². The number of benzene rings is 1. The number of pyridine rings is 1. The molecule has 0 radical (unpaired) electrons. The summed E-state index contributed by atoms with van der Waals surface area (Å²) in [6, 6.07) is 5.43. The minimum atomic E-state index is -0.252. The molecule has 0 fully saturated rings. The van der Waals surface area contributed by atoms with Gasteiger partial charge in [-0.15, -0.1) is 11.3 Å². The third-order valence-electron chi connectivity index (χ3n) is 5.80. The molecule has 0 spiro atoms. The fourth-order valence-electron chi connectivity index (χ4n) is 4.01. The van der Waals surface area contributed by atoms with Crippen LogP contribution in [0.5, 0.6) is 5.75 Å². The minimum Gasteiger partial charge on any atom is -0.508 e. The molecule has 31 heavy (non-hydrogen) atoms. The smallest absolute Gasteiger partial charge is 0.217 e. The molecule has 5 aromatic rings. The van der Waals surface area contributed by atoms with E-state index in [1.54, 1.807) is 16.8 Å². The lowest BCUT2D eigenvalue weighted by Crippen LogP contribution is -2.09. The number of nitrogens with two attached hydrogens (primary N) is 1. The number of aromatic nitrogens is 4. The Balaban J connectivity index is 1.85. The number of carbonyl (C=O) groups excluding carboxylic acids is 1. The molecule has 0 amide bonds. The van der Waals surface area contributed by atoms with Gasteiger partial charge in [0.25, 0.3) is 0 Å². The lowest BCUT2D eigenvalue weighted by molar-refractivity contribution is 0.103. The third-order valence-corrected chi connectivity index (χ3v) is 6.58. The van der Waals surface area contributed by atoms with Gasteiger partial charge < -0.3 is 10.8 Å². The SMILES string of the molecule is Cc1cc2c(C(=O)c3cn4ccsc4n3)c(N)n(-c3c(C)ccc(O)c3C)c2nc1C.